The van der Waals surface area contributed by atoms with Gasteiger partial charge in [0.2, 0.25) is 0 Å². The Morgan fingerprint density at radius 1 is 0.885 bits per heavy atom. The molecular weight excluding hydrogens is 324 g/mol. The zero-order chi connectivity index (χ0) is 17.8. The van der Waals surface area contributed by atoms with Crippen LogP contribution in [0.5, 0.6) is 0 Å². The molecule has 0 radical (unpaired) electrons. The zero-order valence-electron chi connectivity index (χ0n) is 13.9. The van der Waals surface area contributed by atoms with E-state index in [9.17, 15) is 4.79 Å². The van der Waals surface area contributed by atoms with Gasteiger partial charge in [0.05, 0.1) is 17.6 Å². The number of anilines is 1. The minimum absolute atomic E-state index is 0.485. The van der Waals surface area contributed by atoms with Crippen molar-refractivity contribution in [1.82, 2.24) is 15.0 Å². The lowest BCUT2D eigenvalue weighted by Gasteiger charge is -2.32. The molecule has 0 aliphatic carbocycles. The van der Waals surface area contributed by atoms with Crippen molar-refractivity contribution >= 4 is 23.1 Å². The largest absolute Gasteiger partial charge is 0.333 e. The van der Waals surface area contributed by atoms with Gasteiger partial charge in [-0.05, 0) is 30.3 Å². The molecule has 1 aliphatic heterocycles. The maximum atomic E-state index is 12.0. The fraction of sp³-hybridized carbons (Fsp3) is 0.0476. The van der Waals surface area contributed by atoms with Gasteiger partial charge in [0.25, 0.3) is 0 Å². The molecule has 4 rings (SSSR count). The molecule has 0 saturated heterocycles. The number of benzene rings is 1. The first-order chi connectivity index (χ1) is 12.9. The molecule has 0 saturated carbocycles. The van der Waals surface area contributed by atoms with Crippen LogP contribution in [0.15, 0.2) is 85.6 Å². The Labute approximate surface area is 151 Å². The second kappa shape index (κ2) is 7.11. The standard InChI is InChI=1S/C21H16N4O/c26-15-21-18(20-13-22-10-11-24-20)12-16(19-8-4-5-9-23-19)14-25(21)17-6-2-1-3-7-17/h1-15,21H. The second-order valence-corrected chi connectivity index (χ2v) is 5.81. The van der Waals surface area contributed by atoms with Crippen molar-refractivity contribution in [3.63, 3.8) is 0 Å². The van der Waals surface area contributed by atoms with E-state index in [1.165, 1.54) is 0 Å². The molecule has 1 atom stereocenters. The van der Waals surface area contributed by atoms with Gasteiger partial charge in [0.15, 0.2) is 0 Å². The number of allylic oxidation sites excluding steroid dienone is 2. The molecule has 126 valence electrons. The van der Waals surface area contributed by atoms with E-state index < -0.39 is 6.04 Å². The molecule has 1 unspecified atom stereocenters. The number of nitrogens with zero attached hydrogens (tertiary/aromatic N) is 4. The molecule has 0 bridgehead atoms. The van der Waals surface area contributed by atoms with E-state index in [1.54, 1.807) is 24.8 Å². The summed E-state index contributed by atoms with van der Waals surface area (Å²) in [6, 6.07) is 15.1. The van der Waals surface area contributed by atoms with Gasteiger partial charge in [0, 0.05) is 41.6 Å². The highest BCUT2D eigenvalue weighted by Gasteiger charge is 2.28. The van der Waals surface area contributed by atoms with E-state index >= 15 is 0 Å². The third-order valence-electron chi connectivity index (χ3n) is 4.21. The van der Waals surface area contributed by atoms with Crippen molar-refractivity contribution in [2.45, 2.75) is 6.04 Å². The number of carbonyl (C=O) groups is 1. The summed E-state index contributed by atoms with van der Waals surface area (Å²) in [5, 5.41) is 0. The highest BCUT2D eigenvalue weighted by Crippen LogP contribution is 2.33. The Morgan fingerprint density at radius 3 is 2.38 bits per heavy atom. The maximum absolute atomic E-state index is 12.0. The van der Waals surface area contributed by atoms with Crippen LogP contribution in [0.4, 0.5) is 5.69 Å². The van der Waals surface area contributed by atoms with E-state index in [4.69, 9.17) is 0 Å². The summed E-state index contributed by atoms with van der Waals surface area (Å²) >= 11 is 0. The fourth-order valence-corrected chi connectivity index (χ4v) is 2.99. The predicted octanol–water partition coefficient (Wildman–Crippen LogP) is 3.38. The predicted molar refractivity (Wildman–Crippen MR) is 101 cm³/mol. The second-order valence-electron chi connectivity index (χ2n) is 5.81. The quantitative estimate of drug-likeness (QED) is 0.682. The van der Waals surface area contributed by atoms with E-state index in [2.05, 4.69) is 15.0 Å². The highest BCUT2D eigenvalue weighted by atomic mass is 16.1. The minimum Gasteiger partial charge on any atom is -0.333 e. The third kappa shape index (κ3) is 3.02. The molecule has 26 heavy (non-hydrogen) atoms. The molecule has 2 aromatic heterocycles. The molecule has 0 spiro atoms. The normalized spacial score (nSPS) is 16.6. The summed E-state index contributed by atoms with van der Waals surface area (Å²) in [4.78, 5) is 26.9. The first kappa shape index (κ1) is 15.9. The van der Waals surface area contributed by atoms with Crippen molar-refractivity contribution < 1.29 is 4.79 Å². The van der Waals surface area contributed by atoms with Crippen LogP contribution in [-0.4, -0.2) is 27.3 Å². The van der Waals surface area contributed by atoms with Crippen molar-refractivity contribution in [2.75, 3.05) is 4.90 Å². The molecule has 5 heteroatoms. The van der Waals surface area contributed by atoms with Crippen molar-refractivity contribution in [1.29, 1.82) is 0 Å². The van der Waals surface area contributed by atoms with Crippen molar-refractivity contribution in [2.24, 2.45) is 0 Å². The smallest absolute Gasteiger partial charge is 0.147 e. The fourth-order valence-electron chi connectivity index (χ4n) is 2.99. The molecular formula is C21H16N4O. The average molecular weight is 340 g/mol. The molecule has 1 aromatic carbocycles. The zero-order valence-corrected chi connectivity index (χ0v) is 13.9. The number of hydrogen-bond acceptors (Lipinski definition) is 5. The van der Waals surface area contributed by atoms with Gasteiger partial charge in [-0.15, -0.1) is 0 Å². The summed E-state index contributed by atoms with van der Waals surface area (Å²) in [6.07, 6.45) is 11.5. The number of pyridine rings is 1. The maximum Gasteiger partial charge on any atom is 0.147 e. The van der Waals surface area contributed by atoms with Crippen LogP contribution < -0.4 is 4.90 Å². The summed E-state index contributed by atoms with van der Waals surface area (Å²) in [7, 11) is 0. The SMILES string of the molecule is O=CC1C(c2cnccn2)=CC(c2ccccn2)=CN1c1ccccc1. The number of aldehydes is 1. The molecule has 3 aromatic rings. The topological polar surface area (TPSA) is 59.0 Å². The Balaban J connectivity index is 1.88. The van der Waals surface area contributed by atoms with E-state index in [-0.39, 0.29) is 0 Å². The lowest BCUT2D eigenvalue weighted by atomic mass is 9.95. The van der Waals surface area contributed by atoms with Crippen molar-refractivity contribution in [3.05, 3.63) is 97.0 Å². The summed E-state index contributed by atoms with van der Waals surface area (Å²) in [5.41, 5.74) is 4.13. The monoisotopic (exact) mass is 340 g/mol. The third-order valence-corrected chi connectivity index (χ3v) is 4.21. The van der Waals surface area contributed by atoms with Gasteiger partial charge in [-0.3, -0.25) is 15.0 Å². The van der Waals surface area contributed by atoms with E-state index in [1.807, 2.05) is 65.7 Å². The van der Waals surface area contributed by atoms with Gasteiger partial charge in [0.1, 0.15) is 12.3 Å². The number of rotatable bonds is 4. The minimum atomic E-state index is -0.485. The van der Waals surface area contributed by atoms with E-state index in [0.29, 0.717) is 5.69 Å². The Kier molecular flexibility index (Phi) is 4.35. The molecule has 0 N–H and O–H groups in total. The first-order valence-corrected chi connectivity index (χ1v) is 8.27. The molecule has 0 amide bonds. The molecule has 0 fully saturated rings. The van der Waals surface area contributed by atoms with Gasteiger partial charge in [-0.1, -0.05) is 24.3 Å². The van der Waals surface area contributed by atoms with Crippen LogP contribution in [0.25, 0.3) is 11.1 Å². The van der Waals surface area contributed by atoms with Crippen molar-refractivity contribution in [3.8, 4) is 0 Å². The number of para-hydroxylation sites is 1. The Hall–Kier alpha value is -3.60. The average Bonchev–Trinajstić information content (AvgIpc) is 2.74. The lowest BCUT2D eigenvalue weighted by molar-refractivity contribution is -0.107. The lowest BCUT2D eigenvalue weighted by Crippen LogP contribution is -2.36. The van der Waals surface area contributed by atoms with Gasteiger partial charge in [-0.25, -0.2) is 0 Å². The van der Waals surface area contributed by atoms with Crippen LogP contribution in [0.2, 0.25) is 0 Å². The summed E-state index contributed by atoms with van der Waals surface area (Å²) in [6.45, 7) is 0. The molecule has 3 heterocycles. The number of aromatic nitrogens is 3. The summed E-state index contributed by atoms with van der Waals surface area (Å²) in [5.74, 6) is 0. The van der Waals surface area contributed by atoms with Gasteiger partial charge < -0.3 is 9.69 Å². The first-order valence-electron chi connectivity index (χ1n) is 8.27. The molecule has 5 nitrogen and oxygen atoms in total. The molecule has 1 aliphatic rings. The Bertz CT molecular complexity index is 953. The van der Waals surface area contributed by atoms with Crippen LogP contribution in [0.3, 0.4) is 0 Å². The van der Waals surface area contributed by atoms with Crippen LogP contribution in [0.1, 0.15) is 11.4 Å². The van der Waals surface area contributed by atoms with Crippen LogP contribution in [0, 0.1) is 0 Å². The Morgan fingerprint density at radius 2 is 1.69 bits per heavy atom. The highest BCUT2D eigenvalue weighted by molar-refractivity contribution is 5.97. The number of hydrogen-bond donors (Lipinski definition) is 0. The van der Waals surface area contributed by atoms with Gasteiger partial charge in [-0.2, -0.15) is 0 Å². The number of carbonyl (C=O) groups excluding carboxylic acids is 1. The van der Waals surface area contributed by atoms with Crippen LogP contribution >= 0.6 is 0 Å². The summed E-state index contributed by atoms with van der Waals surface area (Å²) < 4.78 is 0. The van der Waals surface area contributed by atoms with Gasteiger partial charge >= 0.3 is 0 Å². The van der Waals surface area contributed by atoms with E-state index in [0.717, 1.165) is 28.8 Å². The van der Waals surface area contributed by atoms with Crippen LogP contribution in [-0.2, 0) is 4.79 Å².